The van der Waals surface area contributed by atoms with Gasteiger partial charge in [0.25, 0.3) is 0 Å². The number of cyclic esters (lactones) is 2. The first-order valence-electron chi connectivity index (χ1n) is 7.36. The number of rotatable bonds is 5. The Hall–Kier alpha value is -1.98. The third-order valence-corrected chi connectivity index (χ3v) is 2.66. The Labute approximate surface area is 132 Å². The molecule has 22 heavy (non-hydrogen) atoms. The van der Waals surface area contributed by atoms with Gasteiger partial charge in [-0.1, -0.05) is 25.0 Å². The number of carbonyl (C=O) groups excluding carboxylic acids is 2. The summed E-state index contributed by atoms with van der Waals surface area (Å²) in [7, 11) is 0. The van der Waals surface area contributed by atoms with Gasteiger partial charge < -0.3 is 19.9 Å². The van der Waals surface area contributed by atoms with E-state index in [2.05, 4.69) is 31.6 Å². The minimum atomic E-state index is -0.827. The third kappa shape index (κ3) is 9.05. The molecule has 0 aromatic heterocycles. The SMILES string of the molecule is CC1(C)OC(=O)O/C1=C\CCOC(N)=O.CCCC=C(C)C. The highest BCUT2D eigenvalue weighted by Crippen LogP contribution is 2.29. The molecule has 1 fully saturated rings. The van der Waals surface area contributed by atoms with Crippen molar-refractivity contribution in [1.82, 2.24) is 0 Å². The second-order valence-corrected chi connectivity index (χ2v) is 5.56. The largest absolute Gasteiger partial charge is 0.514 e. The third-order valence-electron chi connectivity index (χ3n) is 2.66. The molecule has 1 aliphatic heterocycles. The van der Waals surface area contributed by atoms with Gasteiger partial charge in [-0.15, -0.1) is 0 Å². The van der Waals surface area contributed by atoms with Crippen molar-refractivity contribution in [1.29, 1.82) is 0 Å². The van der Waals surface area contributed by atoms with Gasteiger partial charge in [-0.3, -0.25) is 0 Å². The van der Waals surface area contributed by atoms with Crippen LogP contribution in [0.25, 0.3) is 0 Å². The molecule has 0 aliphatic carbocycles. The van der Waals surface area contributed by atoms with E-state index >= 15 is 0 Å². The maximum atomic E-state index is 10.8. The van der Waals surface area contributed by atoms with Gasteiger partial charge in [-0.2, -0.15) is 0 Å². The van der Waals surface area contributed by atoms with Crippen LogP contribution in [0.2, 0.25) is 0 Å². The Bertz CT molecular complexity index is 434. The summed E-state index contributed by atoms with van der Waals surface area (Å²) in [5.41, 5.74) is 5.44. The Morgan fingerprint density at radius 1 is 1.32 bits per heavy atom. The van der Waals surface area contributed by atoms with Gasteiger partial charge >= 0.3 is 12.2 Å². The van der Waals surface area contributed by atoms with Crippen LogP contribution in [0.15, 0.2) is 23.5 Å². The van der Waals surface area contributed by atoms with Crippen LogP contribution >= 0.6 is 0 Å². The van der Waals surface area contributed by atoms with Crippen molar-refractivity contribution < 1.29 is 23.8 Å². The van der Waals surface area contributed by atoms with Crippen LogP contribution in [0, 0.1) is 0 Å². The molecular formula is C16H27NO5. The van der Waals surface area contributed by atoms with Crippen molar-refractivity contribution in [3.63, 3.8) is 0 Å². The summed E-state index contributed by atoms with van der Waals surface area (Å²) < 4.78 is 14.2. The predicted molar refractivity (Wildman–Crippen MR) is 84.2 cm³/mol. The minimum Gasteiger partial charge on any atom is -0.449 e. The number of carbonyl (C=O) groups is 2. The molecule has 1 rings (SSSR count). The molecule has 0 bridgehead atoms. The van der Waals surface area contributed by atoms with E-state index in [9.17, 15) is 9.59 Å². The van der Waals surface area contributed by atoms with Crippen molar-refractivity contribution in [2.24, 2.45) is 5.73 Å². The predicted octanol–water partition coefficient (Wildman–Crippen LogP) is 4.05. The summed E-state index contributed by atoms with van der Waals surface area (Å²) >= 11 is 0. The molecule has 6 nitrogen and oxygen atoms in total. The Balaban J connectivity index is 0.000000534. The molecule has 1 heterocycles. The summed E-state index contributed by atoms with van der Waals surface area (Å²) in [6.45, 7) is 10.0. The zero-order valence-electron chi connectivity index (χ0n) is 14.1. The molecular weight excluding hydrogens is 286 g/mol. The van der Waals surface area contributed by atoms with Gasteiger partial charge in [0.05, 0.1) is 6.61 Å². The lowest BCUT2D eigenvalue weighted by Crippen LogP contribution is -2.20. The number of unbranched alkanes of at least 4 members (excludes halogenated alkanes) is 1. The lowest BCUT2D eigenvalue weighted by Gasteiger charge is -2.13. The van der Waals surface area contributed by atoms with E-state index < -0.39 is 17.8 Å². The van der Waals surface area contributed by atoms with Gasteiger partial charge in [0, 0.05) is 6.42 Å². The quantitative estimate of drug-likeness (QED) is 0.470. The van der Waals surface area contributed by atoms with Crippen LogP contribution in [0.1, 0.15) is 53.9 Å². The molecule has 1 amide bonds. The van der Waals surface area contributed by atoms with Gasteiger partial charge in [-0.25, -0.2) is 9.59 Å². The average molecular weight is 313 g/mol. The average Bonchev–Trinajstić information content (AvgIpc) is 2.65. The molecule has 1 aliphatic rings. The molecule has 0 aromatic rings. The van der Waals surface area contributed by atoms with Crippen LogP contribution in [0.4, 0.5) is 9.59 Å². The molecule has 2 N–H and O–H groups in total. The van der Waals surface area contributed by atoms with Crippen molar-refractivity contribution in [3.05, 3.63) is 23.5 Å². The number of nitrogens with two attached hydrogens (primary N) is 1. The van der Waals surface area contributed by atoms with Crippen molar-refractivity contribution in [2.45, 2.75) is 59.5 Å². The molecule has 6 heteroatoms. The van der Waals surface area contributed by atoms with E-state index in [4.69, 9.17) is 15.2 Å². The standard InChI is InChI=1S/C9H13NO5.C7H14/c1-9(2)6(14-8(12)15-9)4-3-5-13-7(10)11;1-4-5-6-7(2)3/h4H,3,5H2,1-2H3,(H2,10,11);6H,4-5H2,1-3H3/b6-4-;. The fourth-order valence-corrected chi connectivity index (χ4v) is 1.56. The Morgan fingerprint density at radius 2 is 1.95 bits per heavy atom. The molecule has 0 atom stereocenters. The van der Waals surface area contributed by atoms with Crippen LogP contribution in [-0.2, 0) is 14.2 Å². The maximum Gasteiger partial charge on any atom is 0.514 e. The summed E-state index contributed by atoms with van der Waals surface area (Å²) in [5, 5.41) is 0. The van der Waals surface area contributed by atoms with Crippen LogP contribution in [0.5, 0.6) is 0 Å². The van der Waals surface area contributed by atoms with E-state index in [-0.39, 0.29) is 6.61 Å². The number of hydrogen-bond donors (Lipinski definition) is 1. The number of primary amides is 1. The molecule has 126 valence electrons. The summed E-state index contributed by atoms with van der Waals surface area (Å²) in [4.78, 5) is 21.1. The fourth-order valence-electron chi connectivity index (χ4n) is 1.56. The van der Waals surface area contributed by atoms with Gasteiger partial charge in [0.1, 0.15) is 0 Å². The highest BCUT2D eigenvalue weighted by Gasteiger charge is 2.38. The highest BCUT2D eigenvalue weighted by molar-refractivity contribution is 5.66. The van der Waals surface area contributed by atoms with E-state index in [1.54, 1.807) is 19.9 Å². The number of hydrogen-bond acceptors (Lipinski definition) is 5. The maximum absolute atomic E-state index is 10.8. The van der Waals surface area contributed by atoms with E-state index in [0.29, 0.717) is 12.2 Å². The first kappa shape index (κ1) is 20.0. The number of ether oxygens (including phenoxy) is 3. The highest BCUT2D eigenvalue weighted by atomic mass is 16.8. The van der Waals surface area contributed by atoms with Gasteiger partial charge in [0.2, 0.25) is 0 Å². The van der Waals surface area contributed by atoms with Crippen molar-refractivity contribution >= 4 is 12.2 Å². The lowest BCUT2D eigenvalue weighted by molar-refractivity contribution is 0.0872. The first-order chi connectivity index (χ1) is 10.2. The Morgan fingerprint density at radius 3 is 2.32 bits per heavy atom. The van der Waals surface area contributed by atoms with E-state index in [1.165, 1.54) is 18.4 Å². The van der Waals surface area contributed by atoms with Crippen molar-refractivity contribution in [2.75, 3.05) is 6.61 Å². The zero-order valence-corrected chi connectivity index (χ0v) is 14.1. The van der Waals surface area contributed by atoms with Crippen molar-refractivity contribution in [3.8, 4) is 0 Å². The minimum absolute atomic E-state index is 0.145. The molecule has 0 unspecified atom stereocenters. The van der Waals surface area contributed by atoms with Crippen LogP contribution in [-0.4, -0.2) is 24.5 Å². The van der Waals surface area contributed by atoms with Gasteiger partial charge in [-0.05, 0) is 40.2 Å². The summed E-state index contributed by atoms with van der Waals surface area (Å²) in [6, 6.07) is 0. The first-order valence-corrected chi connectivity index (χ1v) is 7.36. The van der Waals surface area contributed by atoms with Gasteiger partial charge in [0.15, 0.2) is 11.4 Å². The molecule has 0 saturated carbocycles. The smallest absolute Gasteiger partial charge is 0.449 e. The van der Waals surface area contributed by atoms with Crippen LogP contribution in [0.3, 0.4) is 0 Å². The zero-order chi connectivity index (χ0) is 17.2. The molecule has 0 spiro atoms. The fraction of sp³-hybridized carbons (Fsp3) is 0.625. The van der Waals surface area contributed by atoms with E-state index in [1.807, 2.05) is 0 Å². The van der Waals surface area contributed by atoms with E-state index in [0.717, 1.165) is 0 Å². The Kier molecular flexibility index (Phi) is 8.98. The van der Waals surface area contributed by atoms with Crippen LogP contribution < -0.4 is 5.73 Å². The lowest BCUT2D eigenvalue weighted by atomic mass is 10.1. The number of allylic oxidation sites excluding steroid dienone is 2. The molecule has 1 saturated heterocycles. The topological polar surface area (TPSA) is 87.8 Å². The second-order valence-electron chi connectivity index (χ2n) is 5.56. The summed E-state index contributed by atoms with van der Waals surface area (Å²) in [6.07, 6.45) is 5.27. The second kappa shape index (κ2) is 9.87. The molecule has 0 radical (unpaired) electrons. The molecule has 0 aromatic carbocycles. The monoisotopic (exact) mass is 313 g/mol. The normalized spacial score (nSPS) is 17.0. The number of amides is 1. The summed E-state index contributed by atoms with van der Waals surface area (Å²) in [5.74, 6) is 0.417.